The van der Waals surface area contributed by atoms with Gasteiger partial charge in [0.1, 0.15) is 0 Å². The Hall–Kier alpha value is 0.440. The Labute approximate surface area is 84.7 Å². The number of unbranched alkanes of at least 4 members (excludes halogenated alkanes) is 3. The van der Waals surface area contributed by atoms with Crippen molar-refractivity contribution in [1.29, 1.82) is 0 Å². The van der Waals surface area contributed by atoms with E-state index >= 15 is 0 Å². The van der Waals surface area contributed by atoms with E-state index in [4.69, 9.17) is 5.11 Å². The SMILES string of the molecule is C[C@@H](CCO)CCCCCCBr. The maximum Gasteiger partial charge on any atom is 0.0433 e. The highest BCUT2D eigenvalue weighted by atomic mass is 79.9. The maximum absolute atomic E-state index is 8.67. The van der Waals surface area contributed by atoms with Gasteiger partial charge >= 0.3 is 0 Å². The van der Waals surface area contributed by atoms with Crippen LogP contribution in [0, 0.1) is 5.92 Å². The molecular formula is C10H21BrO. The summed E-state index contributed by atoms with van der Waals surface area (Å²) in [7, 11) is 0. The van der Waals surface area contributed by atoms with Crippen LogP contribution in [0.5, 0.6) is 0 Å². The van der Waals surface area contributed by atoms with Crippen LogP contribution in [0.1, 0.15) is 45.4 Å². The molecule has 74 valence electrons. The molecule has 0 aromatic heterocycles. The quantitative estimate of drug-likeness (QED) is 0.507. The first-order valence-corrected chi connectivity index (χ1v) is 6.10. The molecule has 0 spiro atoms. The van der Waals surface area contributed by atoms with E-state index in [0.717, 1.165) is 11.8 Å². The average Bonchev–Trinajstić information content (AvgIpc) is 2.05. The summed E-state index contributed by atoms with van der Waals surface area (Å²) in [4.78, 5) is 0. The van der Waals surface area contributed by atoms with Crippen molar-refractivity contribution in [3.63, 3.8) is 0 Å². The zero-order chi connectivity index (χ0) is 9.23. The molecule has 0 heterocycles. The molecule has 0 aromatic carbocycles. The summed E-state index contributed by atoms with van der Waals surface area (Å²) >= 11 is 3.42. The number of halogens is 1. The van der Waals surface area contributed by atoms with Crippen molar-refractivity contribution in [2.75, 3.05) is 11.9 Å². The van der Waals surface area contributed by atoms with Gasteiger partial charge in [-0.2, -0.15) is 0 Å². The minimum absolute atomic E-state index is 0.350. The number of aliphatic hydroxyl groups excluding tert-OH is 1. The normalized spacial score (nSPS) is 13.2. The van der Waals surface area contributed by atoms with Gasteiger partial charge in [0.15, 0.2) is 0 Å². The number of hydrogen-bond acceptors (Lipinski definition) is 1. The van der Waals surface area contributed by atoms with Gasteiger partial charge < -0.3 is 5.11 Å². The molecule has 0 fully saturated rings. The molecule has 0 rings (SSSR count). The summed E-state index contributed by atoms with van der Waals surface area (Å²) in [5, 5.41) is 9.81. The lowest BCUT2D eigenvalue weighted by Gasteiger charge is -2.08. The van der Waals surface area contributed by atoms with E-state index in [1.54, 1.807) is 0 Å². The van der Waals surface area contributed by atoms with E-state index in [0.29, 0.717) is 12.5 Å². The zero-order valence-corrected chi connectivity index (χ0v) is 9.65. The Morgan fingerprint density at radius 3 is 2.33 bits per heavy atom. The van der Waals surface area contributed by atoms with Gasteiger partial charge in [-0.05, 0) is 18.8 Å². The Bertz CT molecular complexity index is 85.9. The molecule has 0 aliphatic carbocycles. The molecule has 0 radical (unpaired) electrons. The third-order valence-corrected chi connectivity index (χ3v) is 2.76. The van der Waals surface area contributed by atoms with Crippen LogP contribution >= 0.6 is 15.9 Å². The lowest BCUT2D eigenvalue weighted by atomic mass is 10.00. The van der Waals surface area contributed by atoms with E-state index in [1.807, 2.05) is 0 Å². The number of rotatable bonds is 8. The fourth-order valence-corrected chi connectivity index (χ4v) is 1.70. The van der Waals surface area contributed by atoms with Gasteiger partial charge in [-0.1, -0.05) is 48.5 Å². The molecule has 1 nitrogen and oxygen atoms in total. The standard InChI is InChI=1S/C10H21BrO/c1-10(7-9-12)6-4-2-3-5-8-11/h10,12H,2-9H2,1H3/t10-/m1/s1. The van der Waals surface area contributed by atoms with E-state index in [9.17, 15) is 0 Å². The van der Waals surface area contributed by atoms with Crippen molar-refractivity contribution in [1.82, 2.24) is 0 Å². The predicted octanol–water partition coefficient (Wildman–Crippen LogP) is 3.35. The maximum atomic E-state index is 8.67. The van der Waals surface area contributed by atoms with E-state index < -0.39 is 0 Å². The highest BCUT2D eigenvalue weighted by molar-refractivity contribution is 9.09. The second-order valence-electron chi connectivity index (χ2n) is 3.51. The number of hydrogen-bond donors (Lipinski definition) is 1. The highest BCUT2D eigenvalue weighted by Crippen LogP contribution is 2.13. The van der Waals surface area contributed by atoms with E-state index in [2.05, 4.69) is 22.9 Å². The minimum atomic E-state index is 0.350. The Kier molecular flexibility index (Phi) is 9.88. The first-order valence-electron chi connectivity index (χ1n) is 4.98. The smallest absolute Gasteiger partial charge is 0.0433 e. The lowest BCUT2D eigenvalue weighted by molar-refractivity contribution is 0.256. The van der Waals surface area contributed by atoms with Crippen molar-refractivity contribution in [3.8, 4) is 0 Å². The van der Waals surface area contributed by atoms with Crippen molar-refractivity contribution in [3.05, 3.63) is 0 Å². The van der Waals surface area contributed by atoms with Crippen LogP contribution in [0.4, 0.5) is 0 Å². The minimum Gasteiger partial charge on any atom is -0.396 e. The number of alkyl halides is 1. The summed E-state index contributed by atoms with van der Waals surface area (Å²) in [6.45, 7) is 2.57. The molecule has 0 aromatic rings. The number of aliphatic hydroxyl groups is 1. The van der Waals surface area contributed by atoms with Gasteiger partial charge in [-0.25, -0.2) is 0 Å². The fraction of sp³-hybridized carbons (Fsp3) is 1.00. The summed E-state index contributed by atoms with van der Waals surface area (Å²) < 4.78 is 0. The van der Waals surface area contributed by atoms with E-state index in [-0.39, 0.29) is 0 Å². The predicted molar refractivity (Wildman–Crippen MR) is 57.7 cm³/mol. The summed E-state index contributed by atoms with van der Waals surface area (Å²) in [6, 6.07) is 0. The molecule has 0 saturated carbocycles. The molecule has 0 bridgehead atoms. The Morgan fingerprint density at radius 2 is 1.75 bits per heavy atom. The lowest BCUT2D eigenvalue weighted by Crippen LogP contribution is -1.97. The fourth-order valence-electron chi connectivity index (χ4n) is 1.31. The molecule has 2 heteroatoms. The van der Waals surface area contributed by atoms with Gasteiger partial charge in [0.2, 0.25) is 0 Å². The van der Waals surface area contributed by atoms with Crippen LogP contribution in [-0.4, -0.2) is 17.0 Å². The van der Waals surface area contributed by atoms with Crippen LogP contribution in [-0.2, 0) is 0 Å². The van der Waals surface area contributed by atoms with Crippen LogP contribution in [0.15, 0.2) is 0 Å². The highest BCUT2D eigenvalue weighted by Gasteiger charge is 1.99. The van der Waals surface area contributed by atoms with Gasteiger partial charge in [-0.3, -0.25) is 0 Å². The van der Waals surface area contributed by atoms with Crippen molar-refractivity contribution < 1.29 is 5.11 Å². The van der Waals surface area contributed by atoms with Crippen molar-refractivity contribution >= 4 is 15.9 Å². The molecule has 0 saturated heterocycles. The molecule has 1 atom stereocenters. The van der Waals surface area contributed by atoms with Gasteiger partial charge in [0.05, 0.1) is 0 Å². The van der Waals surface area contributed by atoms with Gasteiger partial charge in [-0.15, -0.1) is 0 Å². The van der Waals surface area contributed by atoms with E-state index in [1.165, 1.54) is 32.1 Å². The van der Waals surface area contributed by atoms with Crippen LogP contribution in [0.3, 0.4) is 0 Å². The van der Waals surface area contributed by atoms with Gasteiger partial charge in [0.25, 0.3) is 0 Å². The van der Waals surface area contributed by atoms with Crippen molar-refractivity contribution in [2.45, 2.75) is 45.4 Å². The third-order valence-electron chi connectivity index (χ3n) is 2.20. The van der Waals surface area contributed by atoms with Gasteiger partial charge in [0, 0.05) is 11.9 Å². The molecule has 0 aliphatic heterocycles. The first-order chi connectivity index (χ1) is 5.81. The second kappa shape index (κ2) is 9.53. The molecular weight excluding hydrogens is 216 g/mol. The topological polar surface area (TPSA) is 20.2 Å². The molecule has 1 N–H and O–H groups in total. The Balaban J connectivity index is 2.97. The molecule has 0 aliphatic rings. The third kappa shape index (κ3) is 8.54. The zero-order valence-electron chi connectivity index (χ0n) is 8.06. The van der Waals surface area contributed by atoms with Crippen molar-refractivity contribution in [2.24, 2.45) is 5.92 Å². The van der Waals surface area contributed by atoms with Crippen LogP contribution < -0.4 is 0 Å². The van der Waals surface area contributed by atoms with Crippen LogP contribution in [0.2, 0.25) is 0 Å². The molecule has 0 amide bonds. The molecule has 0 unspecified atom stereocenters. The largest absolute Gasteiger partial charge is 0.396 e. The Morgan fingerprint density at radius 1 is 1.08 bits per heavy atom. The second-order valence-corrected chi connectivity index (χ2v) is 4.30. The average molecular weight is 237 g/mol. The van der Waals surface area contributed by atoms with Crippen LogP contribution in [0.25, 0.3) is 0 Å². The summed E-state index contributed by atoms with van der Waals surface area (Å²) in [5.74, 6) is 0.707. The summed E-state index contributed by atoms with van der Waals surface area (Å²) in [6.07, 6.45) is 7.57. The molecule has 12 heavy (non-hydrogen) atoms. The first kappa shape index (κ1) is 12.4. The monoisotopic (exact) mass is 236 g/mol. The summed E-state index contributed by atoms with van der Waals surface area (Å²) in [5.41, 5.74) is 0.